The Hall–Kier alpha value is -2.70. The van der Waals surface area contributed by atoms with E-state index in [1.165, 1.54) is 43.4 Å². The van der Waals surface area contributed by atoms with E-state index in [4.69, 9.17) is 0 Å². The van der Waals surface area contributed by atoms with E-state index in [1.807, 2.05) is 19.1 Å². The summed E-state index contributed by atoms with van der Waals surface area (Å²) in [4.78, 5) is 2.91. The summed E-state index contributed by atoms with van der Waals surface area (Å²) in [7, 11) is -3.80. The highest BCUT2D eigenvalue weighted by Gasteiger charge is 2.38. The van der Waals surface area contributed by atoms with Gasteiger partial charge in [-0.2, -0.15) is 0 Å². The van der Waals surface area contributed by atoms with Gasteiger partial charge in [0.25, 0.3) is 10.0 Å². The van der Waals surface area contributed by atoms with Crippen LogP contribution in [0.1, 0.15) is 55.6 Å². The quantitative estimate of drug-likeness (QED) is 0.382. The number of halogens is 1. The Balaban J connectivity index is 1.40. The highest BCUT2D eigenvalue weighted by molar-refractivity contribution is 7.93. The summed E-state index contributed by atoms with van der Waals surface area (Å²) in [5, 5.41) is 0. The summed E-state index contributed by atoms with van der Waals surface area (Å²) in [6.45, 7) is 3.55. The molecule has 0 spiro atoms. The molecule has 5 rings (SSSR count). The molecular weight excluding hydrogens is 471 g/mol. The molecule has 1 aliphatic heterocycles. The Labute approximate surface area is 214 Å². The molecular formula is C30H35FN2O2S. The maximum Gasteiger partial charge on any atom is 0.264 e. The normalized spacial score (nSPS) is 21.8. The Morgan fingerprint density at radius 2 is 1.44 bits per heavy atom. The van der Waals surface area contributed by atoms with E-state index >= 15 is 0 Å². The Kier molecular flexibility index (Phi) is 7.44. The lowest BCUT2D eigenvalue weighted by Crippen LogP contribution is -2.51. The second-order valence-electron chi connectivity index (χ2n) is 10.2. The molecule has 1 aliphatic carbocycles. The molecule has 1 saturated heterocycles. The standard InChI is InChI=1S/C30H35FN2O2S/c1-23-9-5-8-14-30(23)36(34,35)33(26-17-15-25(31)16-18-26)27-19-21-32(22-20-27)29-13-7-6-12-28(29)24-10-3-2-4-11-24/h2-5,8-11,14-18,27-29H,6-7,12-13,19-22H2,1H3. The predicted molar refractivity (Wildman–Crippen MR) is 143 cm³/mol. The minimum atomic E-state index is -3.80. The number of aryl methyl sites for hydroxylation is 1. The fourth-order valence-corrected chi connectivity index (χ4v) is 8.11. The third-order valence-electron chi connectivity index (χ3n) is 7.97. The van der Waals surface area contributed by atoms with E-state index < -0.39 is 10.0 Å². The van der Waals surface area contributed by atoms with Crippen LogP contribution in [0.15, 0.2) is 83.8 Å². The fourth-order valence-electron chi connectivity index (χ4n) is 6.18. The lowest BCUT2D eigenvalue weighted by molar-refractivity contribution is 0.107. The molecule has 6 heteroatoms. The number of hydrogen-bond acceptors (Lipinski definition) is 3. The van der Waals surface area contributed by atoms with Crippen LogP contribution in [0.2, 0.25) is 0 Å². The molecule has 2 unspecified atom stereocenters. The van der Waals surface area contributed by atoms with Crippen LogP contribution in [-0.4, -0.2) is 38.5 Å². The maximum absolute atomic E-state index is 14.0. The fraction of sp³-hybridized carbons (Fsp3) is 0.400. The molecule has 0 aromatic heterocycles. The third kappa shape index (κ3) is 5.07. The first-order valence-electron chi connectivity index (χ1n) is 13.1. The van der Waals surface area contributed by atoms with Crippen LogP contribution in [0.25, 0.3) is 0 Å². The Morgan fingerprint density at radius 3 is 2.14 bits per heavy atom. The van der Waals surface area contributed by atoms with Gasteiger partial charge in [-0.05, 0) is 80.0 Å². The van der Waals surface area contributed by atoms with Gasteiger partial charge in [0, 0.05) is 25.2 Å². The highest BCUT2D eigenvalue weighted by Crippen LogP contribution is 2.39. The van der Waals surface area contributed by atoms with Crippen LogP contribution in [0.4, 0.5) is 10.1 Å². The molecule has 36 heavy (non-hydrogen) atoms. The zero-order valence-corrected chi connectivity index (χ0v) is 21.7. The van der Waals surface area contributed by atoms with Gasteiger partial charge >= 0.3 is 0 Å². The van der Waals surface area contributed by atoms with E-state index in [-0.39, 0.29) is 11.9 Å². The summed E-state index contributed by atoms with van der Waals surface area (Å²) in [5.74, 6) is 0.159. The minimum Gasteiger partial charge on any atom is -0.300 e. The van der Waals surface area contributed by atoms with Crippen LogP contribution in [0, 0.1) is 12.7 Å². The molecule has 190 valence electrons. The van der Waals surface area contributed by atoms with Gasteiger partial charge in [-0.25, -0.2) is 12.8 Å². The van der Waals surface area contributed by atoms with Crippen LogP contribution >= 0.6 is 0 Å². The second kappa shape index (κ2) is 10.7. The van der Waals surface area contributed by atoms with Crippen molar-refractivity contribution >= 4 is 15.7 Å². The van der Waals surface area contributed by atoms with Crippen molar-refractivity contribution in [3.05, 3.63) is 95.8 Å². The van der Waals surface area contributed by atoms with Crippen molar-refractivity contribution in [3.8, 4) is 0 Å². The van der Waals surface area contributed by atoms with Crippen molar-refractivity contribution < 1.29 is 12.8 Å². The smallest absolute Gasteiger partial charge is 0.264 e. The number of benzene rings is 3. The predicted octanol–water partition coefficient (Wildman–Crippen LogP) is 6.52. The van der Waals surface area contributed by atoms with Gasteiger partial charge in [0.15, 0.2) is 0 Å². The maximum atomic E-state index is 14.0. The first-order valence-corrected chi connectivity index (χ1v) is 14.5. The van der Waals surface area contributed by atoms with Crippen molar-refractivity contribution in [2.24, 2.45) is 0 Å². The topological polar surface area (TPSA) is 40.6 Å². The average Bonchev–Trinajstić information content (AvgIpc) is 2.91. The van der Waals surface area contributed by atoms with E-state index in [0.717, 1.165) is 31.5 Å². The monoisotopic (exact) mass is 506 g/mol. The summed E-state index contributed by atoms with van der Waals surface area (Å²) < 4.78 is 43.2. The van der Waals surface area contributed by atoms with E-state index in [0.29, 0.717) is 22.5 Å². The Bertz CT molecular complexity index is 1260. The molecule has 2 aliphatic rings. The highest BCUT2D eigenvalue weighted by atomic mass is 32.2. The van der Waals surface area contributed by atoms with E-state index in [9.17, 15) is 12.8 Å². The summed E-state index contributed by atoms with van der Waals surface area (Å²) in [5.41, 5.74) is 2.66. The van der Waals surface area contributed by atoms with Crippen molar-refractivity contribution in [2.45, 2.75) is 68.3 Å². The largest absolute Gasteiger partial charge is 0.300 e. The van der Waals surface area contributed by atoms with Gasteiger partial charge in [0.05, 0.1) is 10.6 Å². The zero-order valence-electron chi connectivity index (χ0n) is 20.9. The first kappa shape index (κ1) is 25.0. The molecule has 0 radical (unpaired) electrons. The molecule has 0 amide bonds. The number of anilines is 1. The first-order chi connectivity index (χ1) is 17.4. The SMILES string of the molecule is Cc1ccccc1S(=O)(=O)N(c1ccc(F)cc1)C1CCN(C2CCCCC2c2ccccc2)CC1. The number of piperidine rings is 1. The minimum absolute atomic E-state index is 0.171. The summed E-state index contributed by atoms with van der Waals surface area (Å²) >= 11 is 0. The van der Waals surface area contributed by atoms with Crippen LogP contribution < -0.4 is 4.31 Å². The van der Waals surface area contributed by atoms with Gasteiger partial charge in [-0.3, -0.25) is 9.21 Å². The van der Waals surface area contributed by atoms with E-state index in [1.54, 1.807) is 28.6 Å². The number of rotatable bonds is 6. The molecule has 4 nitrogen and oxygen atoms in total. The van der Waals surface area contributed by atoms with Crippen molar-refractivity contribution in [2.75, 3.05) is 17.4 Å². The van der Waals surface area contributed by atoms with Crippen molar-refractivity contribution in [1.82, 2.24) is 4.90 Å². The number of nitrogens with zero attached hydrogens (tertiary/aromatic N) is 2. The second-order valence-corrected chi connectivity index (χ2v) is 12.0. The van der Waals surface area contributed by atoms with Gasteiger partial charge in [-0.15, -0.1) is 0 Å². The molecule has 2 fully saturated rings. The summed E-state index contributed by atoms with van der Waals surface area (Å²) in [6, 6.07) is 24.1. The lowest BCUT2D eigenvalue weighted by atomic mass is 9.78. The molecule has 1 saturated carbocycles. The molecule has 0 N–H and O–H groups in total. The van der Waals surface area contributed by atoms with Gasteiger partial charge in [0.1, 0.15) is 5.82 Å². The average molecular weight is 507 g/mol. The van der Waals surface area contributed by atoms with Gasteiger partial charge in [0.2, 0.25) is 0 Å². The number of hydrogen-bond donors (Lipinski definition) is 0. The molecule has 2 atom stereocenters. The third-order valence-corrected chi connectivity index (χ3v) is 10.0. The summed E-state index contributed by atoms with van der Waals surface area (Å²) in [6.07, 6.45) is 6.41. The molecule has 3 aromatic rings. The van der Waals surface area contributed by atoms with Gasteiger partial charge < -0.3 is 0 Å². The van der Waals surface area contributed by atoms with Crippen LogP contribution in [0.5, 0.6) is 0 Å². The zero-order chi connectivity index (χ0) is 25.1. The molecule has 0 bridgehead atoms. The number of likely N-dealkylation sites (tertiary alicyclic amines) is 1. The van der Waals surface area contributed by atoms with Crippen molar-refractivity contribution in [3.63, 3.8) is 0 Å². The van der Waals surface area contributed by atoms with Crippen molar-refractivity contribution in [1.29, 1.82) is 0 Å². The molecule has 1 heterocycles. The van der Waals surface area contributed by atoms with Gasteiger partial charge in [-0.1, -0.05) is 61.4 Å². The van der Waals surface area contributed by atoms with Crippen LogP contribution in [0.3, 0.4) is 0 Å². The lowest BCUT2D eigenvalue weighted by Gasteiger charge is -2.45. The molecule has 3 aromatic carbocycles. The van der Waals surface area contributed by atoms with E-state index in [2.05, 4.69) is 35.2 Å². The Morgan fingerprint density at radius 1 is 0.806 bits per heavy atom. The van der Waals surface area contributed by atoms with Crippen LogP contribution in [-0.2, 0) is 10.0 Å². The number of sulfonamides is 1.